The highest BCUT2D eigenvalue weighted by atomic mass is 16.2. The molecule has 1 aliphatic heterocycles. The van der Waals surface area contributed by atoms with Gasteiger partial charge in [-0.2, -0.15) is 0 Å². The maximum absolute atomic E-state index is 12.5. The fourth-order valence-electron chi connectivity index (χ4n) is 3.39. The number of hydrogen-bond donors (Lipinski definition) is 0. The summed E-state index contributed by atoms with van der Waals surface area (Å²) in [6.45, 7) is 1.90. The van der Waals surface area contributed by atoms with Crippen LogP contribution in [0.25, 0.3) is 6.08 Å². The molecule has 1 fully saturated rings. The molecule has 0 saturated carbocycles. The van der Waals surface area contributed by atoms with Crippen LogP contribution in [0.5, 0.6) is 0 Å². The fraction of sp³-hybridized carbons (Fsp3) is 0.364. The predicted octanol–water partition coefficient (Wildman–Crippen LogP) is 4.00. The zero-order chi connectivity index (χ0) is 18.2. The molecule has 3 rings (SSSR count). The normalized spacial score (nSPS) is 15.3. The summed E-state index contributed by atoms with van der Waals surface area (Å²) < 4.78 is 0. The number of carbonyl (C=O) groups is 1. The summed E-state index contributed by atoms with van der Waals surface area (Å²) in [6, 6.07) is 16.5. The maximum atomic E-state index is 12.5. The van der Waals surface area contributed by atoms with Crippen molar-refractivity contribution in [1.29, 1.82) is 0 Å². The molecule has 2 aromatic rings. The van der Waals surface area contributed by atoms with Gasteiger partial charge in [0.25, 0.3) is 0 Å². The van der Waals surface area contributed by atoms with Gasteiger partial charge in [0, 0.05) is 38.8 Å². The van der Waals surface area contributed by atoms with E-state index in [4.69, 9.17) is 0 Å². The van der Waals surface area contributed by atoms with Gasteiger partial charge in [0.15, 0.2) is 0 Å². The van der Waals surface area contributed by atoms with Crippen LogP contribution in [0.4, 0.5) is 5.82 Å². The Morgan fingerprint density at radius 3 is 2.58 bits per heavy atom. The minimum absolute atomic E-state index is 0.235. The number of hydrogen-bond acceptors (Lipinski definition) is 3. The lowest BCUT2D eigenvalue weighted by Crippen LogP contribution is -2.45. The Kier molecular flexibility index (Phi) is 6.42. The van der Waals surface area contributed by atoms with E-state index in [2.05, 4.69) is 34.2 Å². The molecule has 2 heterocycles. The minimum atomic E-state index is 0.235. The van der Waals surface area contributed by atoms with Crippen LogP contribution in [0.3, 0.4) is 0 Å². The number of rotatable bonds is 6. The van der Waals surface area contributed by atoms with Gasteiger partial charge in [-0.3, -0.25) is 4.79 Å². The van der Waals surface area contributed by atoms with Gasteiger partial charge in [0.05, 0.1) is 0 Å². The quantitative estimate of drug-likeness (QED) is 0.791. The lowest BCUT2D eigenvalue weighted by Gasteiger charge is -2.37. The summed E-state index contributed by atoms with van der Waals surface area (Å²) >= 11 is 0. The first kappa shape index (κ1) is 18.2. The first-order chi connectivity index (χ1) is 12.7. The summed E-state index contributed by atoms with van der Waals surface area (Å²) in [4.78, 5) is 21.1. The molecule has 0 bridgehead atoms. The molecule has 0 unspecified atom stereocenters. The maximum Gasteiger partial charge on any atom is 0.222 e. The molecular weight excluding hydrogens is 322 g/mol. The third-order valence-corrected chi connectivity index (χ3v) is 5.01. The molecule has 0 aliphatic carbocycles. The van der Waals surface area contributed by atoms with E-state index in [1.165, 1.54) is 5.56 Å². The zero-order valence-corrected chi connectivity index (χ0v) is 15.4. The van der Waals surface area contributed by atoms with Gasteiger partial charge in [0.1, 0.15) is 5.82 Å². The topological polar surface area (TPSA) is 36.4 Å². The Morgan fingerprint density at radius 1 is 1.15 bits per heavy atom. The second-order valence-electron chi connectivity index (χ2n) is 6.76. The Bertz CT molecular complexity index is 707. The van der Waals surface area contributed by atoms with E-state index in [9.17, 15) is 4.79 Å². The largest absolute Gasteiger partial charge is 0.356 e. The molecule has 4 nitrogen and oxygen atoms in total. The van der Waals surface area contributed by atoms with E-state index in [0.29, 0.717) is 12.5 Å². The number of benzene rings is 1. The highest BCUT2D eigenvalue weighted by Crippen LogP contribution is 2.20. The van der Waals surface area contributed by atoms with Crippen LogP contribution in [-0.2, 0) is 4.79 Å². The molecule has 136 valence electrons. The summed E-state index contributed by atoms with van der Waals surface area (Å²) in [6.07, 6.45) is 9.35. The first-order valence-corrected chi connectivity index (χ1v) is 9.37. The Morgan fingerprint density at radius 2 is 1.88 bits per heavy atom. The average Bonchev–Trinajstić information content (AvgIpc) is 2.72. The summed E-state index contributed by atoms with van der Waals surface area (Å²) in [5.41, 5.74) is 1.18. The Balaban J connectivity index is 1.42. The number of piperidine rings is 1. The van der Waals surface area contributed by atoms with Gasteiger partial charge >= 0.3 is 0 Å². The molecule has 0 radical (unpaired) electrons. The average molecular weight is 349 g/mol. The van der Waals surface area contributed by atoms with Crippen LogP contribution in [0.15, 0.2) is 60.8 Å². The van der Waals surface area contributed by atoms with Crippen LogP contribution in [-0.4, -0.2) is 42.0 Å². The highest BCUT2D eigenvalue weighted by molar-refractivity contribution is 5.76. The van der Waals surface area contributed by atoms with Gasteiger partial charge in [-0.15, -0.1) is 0 Å². The summed E-state index contributed by atoms with van der Waals surface area (Å²) in [5, 5.41) is 0. The van der Waals surface area contributed by atoms with Crippen molar-refractivity contribution in [3.63, 3.8) is 0 Å². The number of pyridine rings is 1. The standard InChI is InChI=1S/C22H27N3O/c1-24(22(26)13-6-5-11-19-9-3-2-4-10-19)20-14-17-25(18-15-20)21-12-7-8-16-23-21/h2-5,7-12,16,20H,6,13-15,17-18H2,1H3. The monoisotopic (exact) mass is 349 g/mol. The second kappa shape index (κ2) is 9.18. The van der Waals surface area contributed by atoms with Crippen molar-refractivity contribution in [2.45, 2.75) is 31.7 Å². The van der Waals surface area contributed by atoms with Gasteiger partial charge < -0.3 is 9.80 Å². The van der Waals surface area contributed by atoms with Crippen LogP contribution < -0.4 is 4.90 Å². The van der Waals surface area contributed by atoms with Crippen LogP contribution in [0.1, 0.15) is 31.2 Å². The van der Waals surface area contributed by atoms with E-state index < -0.39 is 0 Å². The fourth-order valence-corrected chi connectivity index (χ4v) is 3.39. The minimum Gasteiger partial charge on any atom is -0.356 e. The molecule has 1 aromatic carbocycles. The Labute approximate surface area is 156 Å². The lowest BCUT2D eigenvalue weighted by atomic mass is 10.0. The molecule has 1 aromatic heterocycles. The van der Waals surface area contributed by atoms with Crippen molar-refractivity contribution in [2.24, 2.45) is 0 Å². The van der Waals surface area contributed by atoms with Crippen molar-refractivity contribution < 1.29 is 4.79 Å². The Hall–Kier alpha value is -2.62. The van der Waals surface area contributed by atoms with Gasteiger partial charge in [-0.1, -0.05) is 48.6 Å². The van der Waals surface area contributed by atoms with E-state index >= 15 is 0 Å². The second-order valence-corrected chi connectivity index (χ2v) is 6.76. The molecule has 0 N–H and O–H groups in total. The molecular formula is C22H27N3O. The summed E-state index contributed by atoms with van der Waals surface area (Å²) in [7, 11) is 1.95. The molecule has 1 saturated heterocycles. The van der Waals surface area contributed by atoms with Crippen LogP contribution in [0, 0.1) is 0 Å². The van der Waals surface area contributed by atoms with E-state index in [1.54, 1.807) is 0 Å². The van der Waals surface area contributed by atoms with Crippen LogP contribution >= 0.6 is 0 Å². The molecule has 1 amide bonds. The first-order valence-electron chi connectivity index (χ1n) is 9.37. The smallest absolute Gasteiger partial charge is 0.222 e. The molecule has 26 heavy (non-hydrogen) atoms. The predicted molar refractivity (Wildman–Crippen MR) is 107 cm³/mol. The molecule has 0 atom stereocenters. The van der Waals surface area contributed by atoms with Gasteiger partial charge in [0.2, 0.25) is 5.91 Å². The lowest BCUT2D eigenvalue weighted by molar-refractivity contribution is -0.132. The molecule has 0 spiro atoms. The third kappa shape index (κ3) is 4.94. The van der Waals surface area contributed by atoms with E-state index in [1.807, 2.05) is 54.5 Å². The van der Waals surface area contributed by atoms with E-state index in [0.717, 1.165) is 38.2 Å². The van der Waals surface area contributed by atoms with Crippen molar-refractivity contribution in [1.82, 2.24) is 9.88 Å². The van der Waals surface area contributed by atoms with Crippen molar-refractivity contribution in [3.05, 3.63) is 66.4 Å². The van der Waals surface area contributed by atoms with Crippen molar-refractivity contribution >= 4 is 17.8 Å². The molecule has 1 aliphatic rings. The van der Waals surface area contributed by atoms with Gasteiger partial charge in [-0.25, -0.2) is 4.98 Å². The number of carbonyl (C=O) groups excluding carboxylic acids is 1. The molecule has 4 heteroatoms. The van der Waals surface area contributed by atoms with Crippen LogP contribution in [0.2, 0.25) is 0 Å². The third-order valence-electron chi connectivity index (χ3n) is 5.01. The number of nitrogens with zero attached hydrogens (tertiary/aromatic N) is 3. The SMILES string of the molecule is CN(C(=O)CCC=Cc1ccccc1)C1CCN(c2ccccn2)CC1. The number of amides is 1. The summed E-state index contributed by atoms with van der Waals surface area (Å²) in [5.74, 6) is 1.27. The zero-order valence-electron chi connectivity index (χ0n) is 15.4. The van der Waals surface area contributed by atoms with Crippen molar-refractivity contribution in [3.8, 4) is 0 Å². The highest BCUT2D eigenvalue weighted by Gasteiger charge is 2.25. The van der Waals surface area contributed by atoms with Crippen molar-refractivity contribution in [2.75, 3.05) is 25.0 Å². The number of allylic oxidation sites excluding steroid dienone is 1. The number of aromatic nitrogens is 1. The number of anilines is 1. The van der Waals surface area contributed by atoms with Gasteiger partial charge in [-0.05, 0) is 37.0 Å². The van der Waals surface area contributed by atoms with E-state index in [-0.39, 0.29) is 5.91 Å².